The quantitative estimate of drug-likeness (QED) is 0.715. The fourth-order valence-corrected chi connectivity index (χ4v) is 2.08. The van der Waals surface area contributed by atoms with Crippen molar-refractivity contribution in [3.63, 3.8) is 0 Å². The molecule has 1 rings (SSSR count). The van der Waals surface area contributed by atoms with E-state index in [4.69, 9.17) is 4.74 Å². The molecule has 0 radical (unpaired) electrons. The SMILES string of the molecule is CCCC(N(C)C)C1(C(=O)O)COC1. The van der Waals surface area contributed by atoms with Gasteiger partial charge in [-0.25, -0.2) is 0 Å². The summed E-state index contributed by atoms with van der Waals surface area (Å²) >= 11 is 0. The minimum absolute atomic E-state index is 0.0822. The van der Waals surface area contributed by atoms with Crippen LogP contribution in [0.1, 0.15) is 19.8 Å². The monoisotopic (exact) mass is 201 g/mol. The molecule has 0 amide bonds. The molecule has 1 atom stereocenters. The van der Waals surface area contributed by atoms with Crippen molar-refractivity contribution in [2.45, 2.75) is 25.8 Å². The average molecular weight is 201 g/mol. The summed E-state index contributed by atoms with van der Waals surface area (Å²) in [5, 5.41) is 9.22. The smallest absolute Gasteiger partial charge is 0.315 e. The van der Waals surface area contributed by atoms with Crippen molar-refractivity contribution in [1.82, 2.24) is 4.90 Å². The second kappa shape index (κ2) is 4.28. The molecule has 1 saturated heterocycles. The molecule has 4 nitrogen and oxygen atoms in total. The molecule has 0 aromatic heterocycles. The van der Waals surface area contributed by atoms with Gasteiger partial charge in [0, 0.05) is 6.04 Å². The molecule has 0 aromatic rings. The Hall–Kier alpha value is -0.610. The second-order valence-corrected chi connectivity index (χ2v) is 4.22. The van der Waals surface area contributed by atoms with Gasteiger partial charge in [0.05, 0.1) is 13.2 Å². The summed E-state index contributed by atoms with van der Waals surface area (Å²) < 4.78 is 5.07. The molecule has 1 heterocycles. The molecule has 0 spiro atoms. The van der Waals surface area contributed by atoms with Crippen LogP contribution in [0.25, 0.3) is 0 Å². The predicted octanol–water partition coefficient (Wildman–Crippen LogP) is 0.818. The Morgan fingerprint density at radius 3 is 2.36 bits per heavy atom. The lowest BCUT2D eigenvalue weighted by Gasteiger charge is -2.46. The molecule has 1 N–H and O–H groups in total. The number of carboxylic acids is 1. The third-order valence-corrected chi connectivity index (χ3v) is 2.97. The summed E-state index contributed by atoms with van der Waals surface area (Å²) in [4.78, 5) is 13.2. The molecule has 0 saturated carbocycles. The van der Waals surface area contributed by atoms with Gasteiger partial charge in [-0.15, -0.1) is 0 Å². The van der Waals surface area contributed by atoms with E-state index in [1.54, 1.807) is 0 Å². The predicted molar refractivity (Wildman–Crippen MR) is 53.3 cm³/mol. The van der Waals surface area contributed by atoms with Crippen molar-refractivity contribution in [2.24, 2.45) is 5.41 Å². The Balaban J connectivity index is 2.78. The molecule has 0 aliphatic carbocycles. The normalized spacial score (nSPS) is 21.7. The molecule has 1 unspecified atom stereocenters. The van der Waals surface area contributed by atoms with E-state index in [0.29, 0.717) is 13.2 Å². The number of aliphatic carboxylic acids is 1. The van der Waals surface area contributed by atoms with Crippen LogP contribution in [0.2, 0.25) is 0 Å². The second-order valence-electron chi connectivity index (χ2n) is 4.22. The van der Waals surface area contributed by atoms with Gasteiger partial charge >= 0.3 is 5.97 Å². The third-order valence-electron chi connectivity index (χ3n) is 2.97. The molecule has 1 aliphatic heterocycles. The number of ether oxygens (including phenoxy) is 1. The minimum atomic E-state index is -0.726. The fourth-order valence-electron chi connectivity index (χ4n) is 2.08. The molecule has 14 heavy (non-hydrogen) atoms. The summed E-state index contributed by atoms with van der Waals surface area (Å²) in [6.07, 6.45) is 1.90. The van der Waals surface area contributed by atoms with Gasteiger partial charge in [0.25, 0.3) is 0 Å². The number of rotatable bonds is 5. The summed E-state index contributed by atoms with van der Waals surface area (Å²) in [5.74, 6) is -0.726. The topological polar surface area (TPSA) is 49.8 Å². The third kappa shape index (κ3) is 1.77. The highest BCUT2D eigenvalue weighted by atomic mass is 16.5. The van der Waals surface area contributed by atoms with Crippen LogP contribution in [-0.2, 0) is 9.53 Å². The van der Waals surface area contributed by atoms with E-state index in [-0.39, 0.29) is 6.04 Å². The molecular weight excluding hydrogens is 182 g/mol. The molecule has 0 bridgehead atoms. The standard InChI is InChI=1S/C10H19NO3/c1-4-5-8(11(2)3)10(9(12)13)6-14-7-10/h8H,4-7H2,1-3H3,(H,12,13). The van der Waals surface area contributed by atoms with Gasteiger partial charge < -0.3 is 14.7 Å². The minimum Gasteiger partial charge on any atom is -0.481 e. The van der Waals surface area contributed by atoms with Crippen LogP contribution < -0.4 is 0 Å². The summed E-state index contributed by atoms with van der Waals surface area (Å²) in [5.41, 5.74) is -0.667. The molecule has 1 aliphatic rings. The maximum atomic E-state index is 11.2. The number of carboxylic acid groups (broad SMARTS) is 1. The van der Waals surface area contributed by atoms with Crippen LogP contribution in [0.15, 0.2) is 0 Å². The van der Waals surface area contributed by atoms with Crippen LogP contribution >= 0.6 is 0 Å². The highest BCUT2D eigenvalue weighted by Crippen LogP contribution is 2.36. The first-order valence-electron chi connectivity index (χ1n) is 5.02. The van der Waals surface area contributed by atoms with Crippen LogP contribution in [0.5, 0.6) is 0 Å². The molecule has 1 fully saturated rings. The van der Waals surface area contributed by atoms with Crippen molar-refractivity contribution >= 4 is 5.97 Å². The summed E-state index contributed by atoms with van der Waals surface area (Å²) in [6, 6.07) is 0.0822. The van der Waals surface area contributed by atoms with E-state index in [1.807, 2.05) is 19.0 Å². The average Bonchev–Trinajstić information content (AvgIpc) is 1.99. The Kier molecular flexibility index (Phi) is 3.50. The number of hydrogen-bond acceptors (Lipinski definition) is 3. The van der Waals surface area contributed by atoms with Crippen LogP contribution in [0.3, 0.4) is 0 Å². The molecule has 4 heteroatoms. The number of carbonyl (C=O) groups is 1. The van der Waals surface area contributed by atoms with Gasteiger partial charge in [0.15, 0.2) is 0 Å². The Morgan fingerprint density at radius 2 is 2.14 bits per heavy atom. The lowest BCUT2D eigenvalue weighted by Crippen LogP contribution is -2.61. The van der Waals surface area contributed by atoms with Crippen molar-refractivity contribution < 1.29 is 14.6 Å². The maximum Gasteiger partial charge on any atom is 0.315 e. The van der Waals surface area contributed by atoms with E-state index in [1.165, 1.54) is 0 Å². The Bertz CT molecular complexity index is 211. The summed E-state index contributed by atoms with van der Waals surface area (Å²) in [7, 11) is 3.87. The zero-order chi connectivity index (χ0) is 10.8. The van der Waals surface area contributed by atoms with Gasteiger partial charge in [-0.2, -0.15) is 0 Å². The van der Waals surface area contributed by atoms with E-state index in [2.05, 4.69) is 6.92 Å². The van der Waals surface area contributed by atoms with Gasteiger partial charge in [-0.1, -0.05) is 13.3 Å². The van der Waals surface area contributed by atoms with Gasteiger partial charge in [-0.3, -0.25) is 4.79 Å². The van der Waals surface area contributed by atoms with Gasteiger partial charge in [-0.05, 0) is 20.5 Å². The van der Waals surface area contributed by atoms with Crippen molar-refractivity contribution in [2.75, 3.05) is 27.3 Å². The Labute approximate surface area is 84.8 Å². The van der Waals surface area contributed by atoms with Crippen LogP contribution in [0, 0.1) is 5.41 Å². The maximum absolute atomic E-state index is 11.2. The van der Waals surface area contributed by atoms with Gasteiger partial charge in [0.2, 0.25) is 0 Å². The van der Waals surface area contributed by atoms with E-state index < -0.39 is 11.4 Å². The van der Waals surface area contributed by atoms with Crippen molar-refractivity contribution in [3.05, 3.63) is 0 Å². The van der Waals surface area contributed by atoms with Crippen LogP contribution in [0.4, 0.5) is 0 Å². The van der Waals surface area contributed by atoms with E-state index >= 15 is 0 Å². The van der Waals surface area contributed by atoms with Crippen molar-refractivity contribution in [1.29, 1.82) is 0 Å². The first-order chi connectivity index (χ1) is 6.54. The highest BCUT2D eigenvalue weighted by Gasteiger charge is 2.52. The fraction of sp³-hybridized carbons (Fsp3) is 0.900. The largest absolute Gasteiger partial charge is 0.481 e. The molecule has 0 aromatic carbocycles. The number of nitrogens with zero attached hydrogens (tertiary/aromatic N) is 1. The van der Waals surface area contributed by atoms with E-state index in [0.717, 1.165) is 12.8 Å². The van der Waals surface area contributed by atoms with E-state index in [9.17, 15) is 9.90 Å². The molecule has 82 valence electrons. The first-order valence-corrected chi connectivity index (χ1v) is 5.02. The molecular formula is C10H19NO3. The van der Waals surface area contributed by atoms with Gasteiger partial charge in [0.1, 0.15) is 5.41 Å². The zero-order valence-electron chi connectivity index (χ0n) is 9.12. The zero-order valence-corrected chi connectivity index (χ0v) is 9.12. The Morgan fingerprint density at radius 1 is 1.57 bits per heavy atom. The van der Waals surface area contributed by atoms with Crippen molar-refractivity contribution in [3.8, 4) is 0 Å². The van der Waals surface area contributed by atoms with Crippen LogP contribution in [-0.4, -0.2) is 49.3 Å². The highest BCUT2D eigenvalue weighted by molar-refractivity contribution is 5.77. The lowest BCUT2D eigenvalue weighted by atomic mass is 9.76. The number of hydrogen-bond donors (Lipinski definition) is 1. The summed E-state index contributed by atoms with van der Waals surface area (Å²) in [6.45, 7) is 2.78. The lowest BCUT2D eigenvalue weighted by molar-refractivity contribution is -0.193. The first kappa shape index (κ1) is 11.5.